The Morgan fingerprint density at radius 2 is 1.90 bits per heavy atom. The molecule has 0 aliphatic carbocycles. The van der Waals surface area contributed by atoms with Crippen LogP contribution in [0.25, 0.3) is 10.9 Å². The number of aromatic amines is 1. The molecule has 3 heterocycles. The number of fused-ring (bicyclic) bond motifs is 1. The zero-order valence-electron chi connectivity index (χ0n) is 16.8. The van der Waals surface area contributed by atoms with Crippen LogP contribution in [0, 0.1) is 5.92 Å². The third-order valence-corrected chi connectivity index (χ3v) is 5.59. The number of nitrogens with one attached hydrogen (secondary N) is 2. The maximum atomic E-state index is 13.0. The van der Waals surface area contributed by atoms with Crippen LogP contribution in [0.4, 0.5) is 19.0 Å². The quantitative estimate of drug-likeness (QED) is 0.603. The van der Waals surface area contributed by atoms with Gasteiger partial charge < -0.3 is 15.2 Å². The fraction of sp³-hybridized carbons (Fsp3) is 0.318. The van der Waals surface area contributed by atoms with Gasteiger partial charge in [0.1, 0.15) is 11.5 Å². The minimum absolute atomic E-state index is 0.0638. The number of rotatable bonds is 4. The van der Waals surface area contributed by atoms with Gasteiger partial charge in [0.25, 0.3) is 5.91 Å². The number of hydrogen-bond donors (Lipinski definition) is 2. The number of carbonyl (C=O) groups excluding carboxylic acids is 2. The Balaban J connectivity index is 1.54. The molecule has 31 heavy (non-hydrogen) atoms. The molecule has 0 saturated carbocycles. The molecule has 162 valence electrons. The Hall–Kier alpha value is -3.20. The first kappa shape index (κ1) is 21.0. The number of ketones is 1. The van der Waals surface area contributed by atoms with Gasteiger partial charge in [0.2, 0.25) is 0 Å². The fourth-order valence-electron chi connectivity index (χ4n) is 3.79. The first-order valence-electron chi connectivity index (χ1n) is 9.92. The van der Waals surface area contributed by atoms with E-state index in [1.54, 1.807) is 18.2 Å². The molecule has 1 fully saturated rings. The minimum atomic E-state index is -4.51. The second kappa shape index (κ2) is 8.14. The Bertz CT molecular complexity index is 1130. The van der Waals surface area contributed by atoms with Crippen molar-refractivity contribution in [3.05, 3.63) is 59.4 Å². The van der Waals surface area contributed by atoms with E-state index in [1.807, 2.05) is 7.05 Å². The summed E-state index contributed by atoms with van der Waals surface area (Å²) in [7, 11) is 2.01. The van der Waals surface area contributed by atoms with Crippen LogP contribution in [0.1, 0.15) is 39.3 Å². The lowest BCUT2D eigenvalue weighted by Gasteiger charge is -2.27. The molecule has 2 aromatic heterocycles. The van der Waals surface area contributed by atoms with E-state index in [9.17, 15) is 22.8 Å². The number of amides is 1. The number of Topliss-reactive ketones (excluding diaryl/α,β-unsaturated/α-hetero) is 1. The number of piperidine rings is 1. The average Bonchev–Trinajstić information content (AvgIpc) is 3.17. The summed E-state index contributed by atoms with van der Waals surface area (Å²) in [4.78, 5) is 34.7. The molecule has 0 bridgehead atoms. The Labute approximate surface area is 176 Å². The topological polar surface area (TPSA) is 78.1 Å². The number of likely N-dealkylation sites (tertiary alicyclic amines) is 1. The van der Waals surface area contributed by atoms with Gasteiger partial charge >= 0.3 is 6.18 Å². The lowest BCUT2D eigenvalue weighted by molar-refractivity contribution is -0.137. The van der Waals surface area contributed by atoms with Gasteiger partial charge in [-0.25, -0.2) is 4.98 Å². The van der Waals surface area contributed by atoms with E-state index < -0.39 is 17.6 Å². The molecule has 4 rings (SSSR count). The molecule has 0 radical (unpaired) electrons. The Kier molecular flexibility index (Phi) is 5.53. The Morgan fingerprint density at radius 3 is 2.61 bits per heavy atom. The number of benzene rings is 1. The van der Waals surface area contributed by atoms with E-state index >= 15 is 0 Å². The van der Waals surface area contributed by atoms with E-state index in [4.69, 9.17) is 0 Å². The number of anilines is 1. The van der Waals surface area contributed by atoms with Gasteiger partial charge in [-0.15, -0.1) is 0 Å². The first-order chi connectivity index (χ1) is 14.7. The molecular weight excluding hydrogens is 409 g/mol. The second-order valence-electron chi connectivity index (χ2n) is 7.76. The van der Waals surface area contributed by atoms with E-state index in [2.05, 4.69) is 20.2 Å². The number of carbonyl (C=O) groups is 2. The summed E-state index contributed by atoms with van der Waals surface area (Å²) in [5.41, 5.74) is -0.0876. The molecule has 1 aliphatic rings. The highest BCUT2D eigenvalue weighted by atomic mass is 19.4. The van der Waals surface area contributed by atoms with Crippen molar-refractivity contribution in [1.82, 2.24) is 14.9 Å². The second-order valence-corrected chi connectivity index (χ2v) is 7.76. The molecule has 6 nitrogen and oxygen atoms in total. The number of H-pyrrole nitrogens is 1. The van der Waals surface area contributed by atoms with Crippen LogP contribution in [-0.4, -0.2) is 46.7 Å². The zero-order valence-corrected chi connectivity index (χ0v) is 16.8. The van der Waals surface area contributed by atoms with Crippen LogP contribution in [0.3, 0.4) is 0 Å². The summed E-state index contributed by atoms with van der Waals surface area (Å²) in [6.07, 6.45) is -1.65. The average molecular weight is 430 g/mol. The van der Waals surface area contributed by atoms with Crippen LogP contribution in [0.15, 0.2) is 42.6 Å². The predicted molar refractivity (Wildman–Crippen MR) is 110 cm³/mol. The van der Waals surface area contributed by atoms with Crippen molar-refractivity contribution in [2.24, 2.45) is 5.92 Å². The molecule has 0 atom stereocenters. The van der Waals surface area contributed by atoms with E-state index in [1.165, 1.54) is 12.3 Å². The van der Waals surface area contributed by atoms with Gasteiger partial charge in [-0.3, -0.25) is 9.59 Å². The third-order valence-electron chi connectivity index (χ3n) is 5.59. The summed E-state index contributed by atoms with van der Waals surface area (Å²) in [6.45, 7) is 1.68. The highest BCUT2D eigenvalue weighted by molar-refractivity contribution is 6.12. The lowest BCUT2D eigenvalue weighted by Crippen LogP contribution is -2.33. The van der Waals surface area contributed by atoms with Crippen molar-refractivity contribution in [1.29, 1.82) is 0 Å². The van der Waals surface area contributed by atoms with Crippen molar-refractivity contribution < 1.29 is 22.8 Å². The molecule has 0 spiro atoms. The van der Waals surface area contributed by atoms with Crippen molar-refractivity contribution in [2.75, 3.05) is 25.5 Å². The lowest BCUT2D eigenvalue weighted by atomic mass is 9.91. The number of aromatic nitrogens is 2. The molecule has 3 aromatic rings. The van der Waals surface area contributed by atoms with Gasteiger partial charge in [-0.05, 0) is 63.3 Å². The van der Waals surface area contributed by atoms with Gasteiger partial charge in [0, 0.05) is 23.0 Å². The van der Waals surface area contributed by atoms with Crippen LogP contribution < -0.4 is 5.32 Å². The maximum absolute atomic E-state index is 13.0. The van der Waals surface area contributed by atoms with Crippen molar-refractivity contribution in [2.45, 2.75) is 19.0 Å². The van der Waals surface area contributed by atoms with E-state index in [-0.39, 0.29) is 34.2 Å². The predicted octanol–water partition coefficient (Wildman–Crippen LogP) is 4.36. The summed E-state index contributed by atoms with van der Waals surface area (Å²) in [6, 6.07) is 7.96. The molecular formula is C22H21F3N4O2. The number of hydrogen-bond acceptors (Lipinski definition) is 4. The molecule has 1 amide bonds. The van der Waals surface area contributed by atoms with Gasteiger partial charge in [-0.2, -0.15) is 13.2 Å². The maximum Gasteiger partial charge on any atom is 0.416 e. The van der Waals surface area contributed by atoms with Gasteiger partial charge in [-0.1, -0.05) is 6.07 Å². The Morgan fingerprint density at radius 1 is 1.16 bits per heavy atom. The van der Waals surface area contributed by atoms with Crippen LogP contribution >= 0.6 is 0 Å². The number of halogens is 3. The summed E-state index contributed by atoms with van der Waals surface area (Å²) in [5, 5.41) is 2.75. The van der Waals surface area contributed by atoms with Crippen molar-refractivity contribution in [3.63, 3.8) is 0 Å². The SMILES string of the molecule is CN1CCC(C(=O)c2cccc(NC(=O)c3c[nH]c4ccc(C(F)(F)F)cc34)n2)CC1. The van der Waals surface area contributed by atoms with Crippen molar-refractivity contribution >= 4 is 28.4 Å². The molecule has 2 N–H and O–H groups in total. The van der Waals surface area contributed by atoms with E-state index in [0.29, 0.717) is 5.52 Å². The van der Waals surface area contributed by atoms with Crippen LogP contribution in [-0.2, 0) is 6.18 Å². The van der Waals surface area contributed by atoms with Crippen LogP contribution in [0.5, 0.6) is 0 Å². The summed E-state index contributed by atoms with van der Waals surface area (Å²) >= 11 is 0. The summed E-state index contributed by atoms with van der Waals surface area (Å²) < 4.78 is 39.1. The fourth-order valence-corrected chi connectivity index (χ4v) is 3.79. The molecule has 0 unspecified atom stereocenters. The minimum Gasteiger partial charge on any atom is -0.360 e. The molecule has 1 aliphatic heterocycles. The first-order valence-corrected chi connectivity index (χ1v) is 9.92. The van der Waals surface area contributed by atoms with Crippen molar-refractivity contribution in [3.8, 4) is 0 Å². The largest absolute Gasteiger partial charge is 0.416 e. The zero-order chi connectivity index (χ0) is 22.2. The molecule has 1 aromatic carbocycles. The number of alkyl halides is 3. The van der Waals surface area contributed by atoms with Gasteiger partial charge in [0.05, 0.1) is 11.1 Å². The molecule has 9 heteroatoms. The highest BCUT2D eigenvalue weighted by Crippen LogP contribution is 2.32. The van der Waals surface area contributed by atoms with Crippen LogP contribution in [0.2, 0.25) is 0 Å². The normalized spacial score (nSPS) is 15.9. The summed E-state index contributed by atoms with van der Waals surface area (Å²) in [5.74, 6) is -0.609. The number of nitrogens with zero attached hydrogens (tertiary/aromatic N) is 2. The highest BCUT2D eigenvalue weighted by Gasteiger charge is 2.31. The third kappa shape index (κ3) is 4.46. The van der Waals surface area contributed by atoms with Gasteiger partial charge in [0.15, 0.2) is 5.78 Å². The standard InChI is InChI=1S/C22H21F3N4O2/c1-29-9-7-13(8-10-29)20(30)18-3-2-4-19(27-18)28-21(31)16-12-26-17-6-5-14(11-15(16)17)22(23,24)25/h2-6,11-13,26H,7-10H2,1H3,(H,27,28,31). The molecule has 1 saturated heterocycles. The van der Waals surface area contributed by atoms with E-state index in [0.717, 1.165) is 38.1 Å². The smallest absolute Gasteiger partial charge is 0.360 e. The monoisotopic (exact) mass is 430 g/mol. The number of pyridine rings is 1.